The van der Waals surface area contributed by atoms with E-state index >= 15 is 0 Å². The van der Waals surface area contributed by atoms with Gasteiger partial charge in [-0.2, -0.15) is 0 Å². The summed E-state index contributed by atoms with van der Waals surface area (Å²) >= 11 is 3.40. The largest absolute Gasteiger partial charge is 0.389 e. The molecule has 1 fully saturated rings. The van der Waals surface area contributed by atoms with Crippen molar-refractivity contribution < 1.29 is 14.6 Å². The van der Waals surface area contributed by atoms with E-state index in [4.69, 9.17) is 9.47 Å². The van der Waals surface area contributed by atoms with Crippen molar-refractivity contribution in [1.82, 2.24) is 0 Å². The molecule has 2 rings (SSSR count). The van der Waals surface area contributed by atoms with Crippen molar-refractivity contribution in [3.8, 4) is 0 Å². The van der Waals surface area contributed by atoms with Crippen LogP contribution in [-0.2, 0) is 9.47 Å². The van der Waals surface area contributed by atoms with Crippen LogP contribution >= 0.6 is 15.9 Å². The highest BCUT2D eigenvalue weighted by molar-refractivity contribution is 9.11. The molecule has 0 saturated carbocycles. The molecular weight excluding hydrogens is 224 g/mol. The Morgan fingerprint density at radius 3 is 2.50 bits per heavy atom. The van der Waals surface area contributed by atoms with E-state index < -0.39 is 11.9 Å². The van der Waals surface area contributed by atoms with Gasteiger partial charge in [-0.1, -0.05) is 0 Å². The zero-order valence-electron chi connectivity index (χ0n) is 6.84. The summed E-state index contributed by atoms with van der Waals surface area (Å²) in [4.78, 5) is 0. The number of hydrogen-bond donors (Lipinski definition) is 1. The molecule has 1 aliphatic heterocycles. The van der Waals surface area contributed by atoms with Crippen molar-refractivity contribution in [1.29, 1.82) is 0 Å². The van der Waals surface area contributed by atoms with E-state index in [0.29, 0.717) is 19.6 Å². The second-order valence-corrected chi connectivity index (χ2v) is 3.96. The number of halogens is 1. The van der Waals surface area contributed by atoms with E-state index in [1.807, 2.05) is 6.92 Å². The van der Waals surface area contributed by atoms with Crippen LogP contribution in [0.15, 0.2) is 10.1 Å². The van der Waals surface area contributed by atoms with Crippen molar-refractivity contribution in [3.63, 3.8) is 0 Å². The third-order valence-corrected chi connectivity index (χ3v) is 3.63. The maximum atomic E-state index is 9.55. The van der Waals surface area contributed by atoms with Gasteiger partial charge >= 0.3 is 0 Å². The SMILES string of the molecule is CC1=C(Br)C2(C[C@@H]1O)OCCO2. The Hall–Kier alpha value is 0.1000. The van der Waals surface area contributed by atoms with Crippen LogP contribution in [-0.4, -0.2) is 30.2 Å². The fraction of sp³-hybridized carbons (Fsp3) is 0.750. The van der Waals surface area contributed by atoms with E-state index in [2.05, 4.69) is 15.9 Å². The zero-order valence-corrected chi connectivity index (χ0v) is 8.43. The molecule has 0 bridgehead atoms. The second-order valence-electron chi connectivity index (χ2n) is 3.17. The molecule has 1 heterocycles. The number of aliphatic hydroxyl groups is 1. The minimum Gasteiger partial charge on any atom is -0.389 e. The molecule has 0 amide bonds. The molecule has 3 nitrogen and oxygen atoms in total. The van der Waals surface area contributed by atoms with Crippen LogP contribution in [0, 0.1) is 0 Å². The van der Waals surface area contributed by atoms with E-state index in [1.165, 1.54) is 0 Å². The molecule has 0 aromatic rings. The monoisotopic (exact) mass is 234 g/mol. The molecule has 0 radical (unpaired) electrons. The Morgan fingerprint density at radius 2 is 2.08 bits per heavy atom. The molecule has 12 heavy (non-hydrogen) atoms. The van der Waals surface area contributed by atoms with Crippen LogP contribution in [0.3, 0.4) is 0 Å². The minimum atomic E-state index is -0.663. The molecule has 0 aromatic carbocycles. The lowest BCUT2D eigenvalue weighted by atomic mass is 10.2. The Bertz CT molecular complexity index is 230. The average Bonchev–Trinajstić information content (AvgIpc) is 2.57. The molecular formula is C8H11BrO3. The lowest BCUT2D eigenvalue weighted by Crippen LogP contribution is -2.29. The molecule has 1 aliphatic carbocycles. The number of hydrogen-bond acceptors (Lipinski definition) is 3. The first-order valence-electron chi connectivity index (χ1n) is 3.98. The lowest BCUT2D eigenvalue weighted by molar-refractivity contribution is -0.127. The maximum Gasteiger partial charge on any atom is 0.204 e. The van der Waals surface area contributed by atoms with E-state index in [1.54, 1.807) is 0 Å². The van der Waals surface area contributed by atoms with Gasteiger partial charge in [-0.25, -0.2) is 0 Å². The number of rotatable bonds is 0. The van der Waals surface area contributed by atoms with Crippen molar-refractivity contribution >= 4 is 15.9 Å². The van der Waals surface area contributed by atoms with Crippen LogP contribution in [0.2, 0.25) is 0 Å². The normalized spacial score (nSPS) is 33.8. The predicted octanol–water partition coefficient (Wildman–Crippen LogP) is 1.16. The van der Waals surface area contributed by atoms with Gasteiger partial charge in [0.15, 0.2) is 0 Å². The van der Waals surface area contributed by atoms with Gasteiger partial charge < -0.3 is 14.6 Å². The van der Waals surface area contributed by atoms with Crippen LogP contribution in [0.4, 0.5) is 0 Å². The van der Waals surface area contributed by atoms with Crippen molar-refractivity contribution in [2.45, 2.75) is 25.2 Å². The first kappa shape index (κ1) is 8.69. The van der Waals surface area contributed by atoms with Gasteiger partial charge in [0.2, 0.25) is 5.79 Å². The first-order chi connectivity index (χ1) is 5.66. The van der Waals surface area contributed by atoms with Gasteiger partial charge in [0.05, 0.1) is 23.8 Å². The quantitative estimate of drug-likeness (QED) is 0.684. The molecule has 2 aliphatic rings. The second kappa shape index (κ2) is 2.80. The first-order valence-corrected chi connectivity index (χ1v) is 4.78. The van der Waals surface area contributed by atoms with Gasteiger partial charge in [0.25, 0.3) is 0 Å². The van der Waals surface area contributed by atoms with E-state index in [0.717, 1.165) is 10.1 Å². The molecule has 1 spiro atoms. The third-order valence-electron chi connectivity index (χ3n) is 2.40. The zero-order chi connectivity index (χ0) is 8.77. The smallest absolute Gasteiger partial charge is 0.204 e. The average molecular weight is 235 g/mol. The predicted molar refractivity (Wildman–Crippen MR) is 46.9 cm³/mol. The molecule has 1 N–H and O–H groups in total. The fourth-order valence-electron chi connectivity index (χ4n) is 1.64. The summed E-state index contributed by atoms with van der Waals surface area (Å²) in [5.74, 6) is -0.663. The summed E-state index contributed by atoms with van der Waals surface area (Å²) in [6.07, 6.45) is 0.0804. The van der Waals surface area contributed by atoms with Crippen LogP contribution < -0.4 is 0 Å². The highest BCUT2D eigenvalue weighted by atomic mass is 79.9. The van der Waals surface area contributed by atoms with Gasteiger partial charge in [-0.15, -0.1) is 0 Å². The molecule has 1 atom stereocenters. The van der Waals surface area contributed by atoms with E-state index in [-0.39, 0.29) is 0 Å². The fourth-order valence-corrected chi connectivity index (χ4v) is 2.30. The van der Waals surface area contributed by atoms with E-state index in [9.17, 15) is 5.11 Å². The van der Waals surface area contributed by atoms with Crippen molar-refractivity contribution in [2.24, 2.45) is 0 Å². The highest BCUT2D eigenvalue weighted by Crippen LogP contribution is 2.44. The summed E-state index contributed by atoms with van der Waals surface area (Å²) in [6, 6.07) is 0. The summed E-state index contributed by atoms with van der Waals surface area (Å²) in [7, 11) is 0. The van der Waals surface area contributed by atoms with Gasteiger partial charge in [-0.3, -0.25) is 0 Å². The number of ether oxygens (including phenoxy) is 2. The summed E-state index contributed by atoms with van der Waals surface area (Å²) in [6.45, 7) is 3.10. The molecule has 68 valence electrons. The molecule has 0 unspecified atom stereocenters. The Labute approximate surface area is 79.5 Å². The van der Waals surface area contributed by atoms with Gasteiger partial charge in [0, 0.05) is 6.42 Å². The summed E-state index contributed by atoms with van der Waals surface area (Å²) < 4.78 is 11.8. The molecule has 4 heteroatoms. The van der Waals surface area contributed by atoms with Gasteiger partial charge in [0.1, 0.15) is 0 Å². The summed E-state index contributed by atoms with van der Waals surface area (Å²) in [5.41, 5.74) is 0.914. The minimum absolute atomic E-state index is 0.433. The van der Waals surface area contributed by atoms with Gasteiger partial charge in [-0.05, 0) is 28.4 Å². The molecule has 0 aromatic heterocycles. The Kier molecular flexibility index (Phi) is 2.03. The maximum absolute atomic E-state index is 9.55. The lowest BCUT2D eigenvalue weighted by Gasteiger charge is -2.22. The van der Waals surface area contributed by atoms with Crippen molar-refractivity contribution in [2.75, 3.05) is 13.2 Å². The van der Waals surface area contributed by atoms with Crippen LogP contribution in [0.25, 0.3) is 0 Å². The highest BCUT2D eigenvalue weighted by Gasteiger charge is 2.47. The van der Waals surface area contributed by atoms with Crippen LogP contribution in [0.1, 0.15) is 13.3 Å². The number of aliphatic hydroxyl groups excluding tert-OH is 1. The Morgan fingerprint density at radius 1 is 1.50 bits per heavy atom. The standard InChI is InChI=1S/C8H11BrO3/c1-5-6(10)4-8(7(5)9)11-2-3-12-8/h6,10H,2-4H2,1H3/t6-/m0/s1. The third kappa shape index (κ3) is 1.06. The summed E-state index contributed by atoms with van der Waals surface area (Å²) in [5, 5.41) is 9.55. The topological polar surface area (TPSA) is 38.7 Å². The Balaban J connectivity index is 2.31. The van der Waals surface area contributed by atoms with Crippen LogP contribution in [0.5, 0.6) is 0 Å². The van der Waals surface area contributed by atoms with Crippen molar-refractivity contribution in [3.05, 3.63) is 10.1 Å². The molecule has 1 saturated heterocycles.